The van der Waals surface area contributed by atoms with E-state index >= 15 is 0 Å². The SMILES string of the molecule is C[C@@H](COC(=O)NCCCn1ncnn1)N(c1cc(Cl)ccc1F)S(=O)(=O)c1ccc(Cl)cc1. The zero-order valence-corrected chi connectivity index (χ0v) is 20.3. The quantitative estimate of drug-likeness (QED) is 0.398. The first-order valence-corrected chi connectivity index (χ1v) is 12.2. The molecule has 182 valence electrons. The third kappa shape index (κ3) is 6.55. The number of tetrazole rings is 1. The molecule has 0 fully saturated rings. The molecular weight excluding hydrogens is 510 g/mol. The Labute approximate surface area is 205 Å². The minimum absolute atomic E-state index is 0.116. The van der Waals surface area contributed by atoms with Crippen LogP contribution in [0, 0.1) is 5.82 Å². The van der Waals surface area contributed by atoms with Gasteiger partial charge in [-0.25, -0.2) is 17.6 Å². The molecule has 0 saturated carbocycles. The van der Waals surface area contributed by atoms with Crippen molar-refractivity contribution in [2.24, 2.45) is 0 Å². The molecule has 10 nitrogen and oxygen atoms in total. The maximum atomic E-state index is 14.7. The zero-order chi connectivity index (χ0) is 24.7. The second-order valence-corrected chi connectivity index (χ2v) is 9.80. The van der Waals surface area contributed by atoms with Crippen LogP contribution < -0.4 is 9.62 Å². The minimum atomic E-state index is -4.26. The van der Waals surface area contributed by atoms with Gasteiger partial charge in [-0.1, -0.05) is 23.2 Å². The van der Waals surface area contributed by atoms with Crippen molar-refractivity contribution in [3.05, 3.63) is 64.7 Å². The predicted molar refractivity (Wildman–Crippen MR) is 124 cm³/mol. The van der Waals surface area contributed by atoms with E-state index in [1.807, 2.05) is 0 Å². The van der Waals surface area contributed by atoms with Crippen LogP contribution in [0.5, 0.6) is 0 Å². The number of nitrogens with zero attached hydrogens (tertiary/aromatic N) is 5. The number of ether oxygens (including phenoxy) is 1. The van der Waals surface area contributed by atoms with Crippen molar-refractivity contribution >= 4 is 45.0 Å². The second-order valence-electron chi connectivity index (χ2n) is 7.11. The van der Waals surface area contributed by atoms with Gasteiger partial charge in [0.2, 0.25) is 0 Å². The Kier molecular flexibility index (Phi) is 8.64. The van der Waals surface area contributed by atoms with Crippen LogP contribution in [-0.4, -0.2) is 53.9 Å². The fourth-order valence-corrected chi connectivity index (χ4v) is 4.93. The van der Waals surface area contributed by atoms with Crippen LogP contribution >= 0.6 is 23.2 Å². The summed E-state index contributed by atoms with van der Waals surface area (Å²) in [5, 5.41) is 14.2. The van der Waals surface area contributed by atoms with E-state index in [9.17, 15) is 17.6 Å². The molecule has 1 atom stereocenters. The lowest BCUT2D eigenvalue weighted by Gasteiger charge is -2.30. The first-order valence-electron chi connectivity index (χ1n) is 10.0. The highest BCUT2D eigenvalue weighted by Crippen LogP contribution is 2.31. The molecule has 0 aliphatic rings. The number of nitrogens with one attached hydrogen (secondary N) is 1. The van der Waals surface area contributed by atoms with E-state index in [0.717, 1.165) is 10.4 Å². The molecule has 0 spiro atoms. The highest BCUT2D eigenvalue weighted by atomic mass is 35.5. The van der Waals surface area contributed by atoms with Gasteiger partial charge in [-0.05, 0) is 61.0 Å². The van der Waals surface area contributed by atoms with Gasteiger partial charge < -0.3 is 10.1 Å². The maximum absolute atomic E-state index is 14.7. The summed E-state index contributed by atoms with van der Waals surface area (Å²) >= 11 is 11.9. The molecule has 3 aromatic rings. The van der Waals surface area contributed by atoms with Gasteiger partial charge in [0.15, 0.2) is 6.33 Å². The Balaban J connectivity index is 1.72. The summed E-state index contributed by atoms with van der Waals surface area (Å²) in [6.45, 7) is 1.84. The molecule has 0 aliphatic heterocycles. The normalized spacial score (nSPS) is 12.2. The molecule has 0 saturated heterocycles. The van der Waals surface area contributed by atoms with Gasteiger partial charge >= 0.3 is 6.09 Å². The highest BCUT2D eigenvalue weighted by molar-refractivity contribution is 7.92. The lowest BCUT2D eigenvalue weighted by Crippen LogP contribution is -2.43. The van der Waals surface area contributed by atoms with Crippen LogP contribution in [0.2, 0.25) is 10.0 Å². The van der Waals surface area contributed by atoms with Crippen LogP contribution in [0.4, 0.5) is 14.9 Å². The lowest BCUT2D eigenvalue weighted by molar-refractivity contribution is 0.141. The molecule has 0 bridgehead atoms. The standard InChI is InChI=1S/C20H21Cl2FN6O4S/c1-14(12-33-20(30)24-9-2-10-28-26-13-25-27-28)29(19-11-16(22)5-8-18(19)23)34(31,32)17-6-3-15(21)4-7-17/h3-8,11,13-14H,2,9-10,12H2,1H3,(H,24,30)/t14-/m0/s1. The number of hydrogen-bond donors (Lipinski definition) is 1. The summed E-state index contributed by atoms with van der Waals surface area (Å²) in [6, 6.07) is 8.00. The van der Waals surface area contributed by atoms with E-state index < -0.39 is 28.0 Å². The molecule has 0 unspecified atom stereocenters. The molecule has 1 aromatic heterocycles. The highest BCUT2D eigenvalue weighted by Gasteiger charge is 2.32. The zero-order valence-electron chi connectivity index (χ0n) is 17.9. The molecule has 0 radical (unpaired) electrons. The van der Waals surface area contributed by atoms with Gasteiger partial charge in [-0.15, -0.1) is 10.2 Å². The minimum Gasteiger partial charge on any atom is -0.447 e. The van der Waals surface area contributed by atoms with E-state index in [4.69, 9.17) is 27.9 Å². The van der Waals surface area contributed by atoms with E-state index in [1.54, 1.807) is 0 Å². The predicted octanol–water partition coefficient (Wildman–Crippen LogP) is 3.52. The molecule has 14 heteroatoms. The van der Waals surface area contributed by atoms with E-state index in [1.165, 1.54) is 54.4 Å². The van der Waals surface area contributed by atoms with Crippen molar-refractivity contribution < 1.29 is 22.3 Å². The number of alkyl carbamates (subject to hydrolysis) is 1. The number of halogens is 3. The molecule has 1 amide bonds. The van der Waals surface area contributed by atoms with E-state index in [-0.39, 0.29) is 28.8 Å². The Morgan fingerprint density at radius 1 is 1.21 bits per heavy atom. The Bertz CT molecular complexity index is 1210. The third-order valence-electron chi connectivity index (χ3n) is 4.57. The monoisotopic (exact) mass is 530 g/mol. The van der Waals surface area contributed by atoms with Crippen LogP contribution in [-0.2, 0) is 21.3 Å². The number of sulfonamides is 1. The first-order chi connectivity index (χ1) is 16.2. The number of aryl methyl sites for hydroxylation is 1. The van der Waals surface area contributed by atoms with E-state index in [0.29, 0.717) is 18.0 Å². The number of anilines is 1. The molecule has 34 heavy (non-hydrogen) atoms. The number of hydrogen-bond acceptors (Lipinski definition) is 7. The molecule has 2 aromatic carbocycles. The van der Waals surface area contributed by atoms with Gasteiger partial charge in [0, 0.05) is 16.6 Å². The van der Waals surface area contributed by atoms with Gasteiger partial charge in [0.05, 0.1) is 23.2 Å². The van der Waals surface area contributed by atoms with Crippen molar-refractivity contribution in [3.63, 3.8) is 0 Å². The van der Waals surface area contributed by atoms with Crippen LogP contribution in [0.15, 0.2) is 53.7 Å². The number of rotatable bonds is 10. The van der Waals surface area contributed by atoms with Gasteiger partial charge in [-0.3, -0.25) is 4.31 Å². The topological polar surface area (TPSA) is 119 Å². The van der Waals surface area contributed by atoms with Crippen molar-refractivity contribution in [2.45, 2.75) is 30.8 Å². The van der Waals surface area contributed by atoms with Gasteiger partial charge in [0.25, 0.3) is 10.0 Å². The molecule has 1 heterocycles. The Hall–Kier alpha value is -2.96. The van der Waals surface area contributed by atoms with E-state index in [2.05, 4.69) is 20.7 Å². The lowest BCUT2D eigenvalue weighted by atomic mass is 10.2. The first kappa shape index (κ1) is 25.7. The molecule has 1 N–H and O–H groups in total. The Morgan fingerprint density at radius 3 is 2.59 bits per heavy atom. The van der Waals surface area contributed by atoms with Crippen molar-refractivity contribution in [3.8, 4) is 0 Å². The summed E-state index contributed by atoms with van der Waals surface area (Å²) < 4.78 is 47.5. The summed E-state index contributed by atoms with van der Waals surface area (Å²) in [5.41, 5.74) is -0.278. The number of carbonyl (C=O) groups excluding carboxylic acids is 1. The van der Waals surface area contributed by atoms with Crippen molar-refractivity contribution in [1.82, 2.24) is 25.5 Å². The number of amides is 1. The average molecular weight is 531 g/mol. The number of benzene rings is 2. The maximum Gasteiger partial charge on any atom is 0.407 e. The largest absolute Gasteiger partial charge is 0.447 e. The molecule has 3 rings (SSSR count). The summed E-state index contributed by atoms with van der Waals surface area (Å²) in [5.74, 6) is -0.806. The second kappa shape index (κ2) is 11.4. The van der Waals surface area contributed by atoms with Crippen LogP contribution in [0.25, 0.3) is 0 Å². The fourth-order valence-electron chi connectivity index (χ4n) is 3.00. The van der Waals surface area contributed by atoms with Crippen LogP contribution in [0.1, 0.15) is 13.3 Å². The number of carbonyl (C=O) groups is 1. The Morgan fingerprint density at radius 2 is 1.91 bits per heavy atom. The fraction of sp³-hybridized carbons (Fsp3) is 0.300. The van der Waals surface area contributed by atoms with Crippen LogP contribution in [0.3, 0.4) is 0 Å². The average Bonchev–Trinajstić information content (AvgIpc) is 3.31. The van der Waals surface area contributed by atoms with Gasteiger partial charge in [-0.2, -0.15) is 4.80 Å². The summed E-state index contributed by atoms with van der Waals surface area (Å²) in [7, 11) is -4.26. The molecule has 0 aliphatic carbocycles. The van der Waals surface area contributed by atoms with Crippen molar-refractivity contribution in [1.29, 1.82) is 0 Å². The summed E-state index contributed by atoms with van der Waals surface area (Å²) in [6.07, 6.45) is 1.07. The van der Waals surface area contributed by atoms with Gasteiger partial charge in [0.1, 0.15) is 12.4 Å². The van der Waals surface area contributed by atoms with Crippen molar-refractivity contribution in [2.75, 3.05) is 17.5 Å². The molecular formula is C20H21Cl2FN6O4S. The smallest absolute Gasteiger partial charge is 0.407 e. The number of aromatic nitrogens is 4. The summed E-state index contributed by atoms with van der Waals surface area (Å²) in [4.78, 5) is 13.3. The third-order valence-corrected chi connectivity index (χ3v) is 7.00.